The van der Waals surface area contributed by atoms with E-state index in [1.807, 2.05) is 37.3 Å². The lowest BCUT2D eigenvalue weighted by atomic mass is 10.1. The highest BCUT2D eigenvalue weighted by Gasteiger charge is 1.99. The van der Waals surface area contributed by atoms with Crippen LogP contribution >= 0.6 is 0 Å². The molecule has 0 radical (unpaired) electrons. The fourth-order valence-corrected chi connectivity index (χ4v) is 1.37. The van der Waals surface area contributed by atoms with Gasteiger partial charge in [0, 0.05) is 17.4 Å². The third kappa shape index (κ3) is 1.59. The Morgan fingerprint density at radius 1 is 1.14 bits per heavy atom. The second kappa shape index (κ2) is 3.50. The molecule has 2 N–H and O–H groups in total. The number of hydrogen-bond acceptors (Lipinski definition) is 2. The van der Waals surface area contributed by atoms with Gasteiger partial charge in [0.25, 0.3) is 0 Å². The van der Waals surface area contributed by atoms with Crippen LogP contribution in [0.1, 0.15) is 5.56 Å². The molecule has 0 unspecified atom stereocenters. The van der Waals surface area contributed by atoms with Crippen LogP contribution in [0.5, 0.6) is 0 Å². The zero-order valence-corrected chi connectivity index (χ0v) is 8.07. The largest absolute Gasteiger partial charge is 0.399 e. The highest BCUT2D eigenvalue weighted by atomic mass is 14.7. The summed E-state index contributed by atoms with van der Waals surface area (Å²) in [5.74, 6) is 0. The van der Waals surface area contributed by atoms with Gasteiger partial charge in [-0.25, -0.2) is 0 Å². The van der Waals surface area contributed by atoms with Gasteiger partial charge in [0.1, 0.15) is 0 Å². The van der Waals surface area contributed by atoms with Crippen LogP contribution in [0.3, 0.4) is 0 Å². The Kier molecular flexibility index (Phi) is 2.19. The highest BCUT2D eigenvalue weighted by molar-refractivity contribution is 5.64. The molecule has 70 valence electrons. The van der Waals surface area contributed by atoms with Crippen molar-refractivity contribution in [1.82, 2.24) is 4.98 Å². The Hall–Kier alpha value is -1.83. The zero-order chi connectivity index (χ0) is 9.97. The van der Waals surface area contributed by atoms with Crippen LogP contribution in [0.15, 0.2) is 42.6 Å². The first-order valence-corrected chi connectivity index (χ1v) is 4.55. The molecule has 1 heterocycles. The molecule has 2 aromatic rings. The molecule has 1 aromatic carbocycles. The van der Waals surface area contributed by atoms with Gasteiger partial charge in [0.15, 0.2) is 0 Å². The summed E-state index contributed by atoms with van der Waals surface area (Å²) in [5.41, 5.74) is 9.75. The van der Waals surface area contributed by atoms with Crippen LogP contribution in [0.25, 0.3) is 11.3 Å². The monoisotopic (exact) mass is 184 g/mol. The smallest absolute Gasteiger partial charge is 0.0702 e. The van der Waals surface area contributed by atoms with E-state index in [-0.39, 0.29) is 0 Å². The summed E-state index contributed by atoms with van der Waals surface area (Å²) in [6.45, 7) is 2.00. The Morgan fingerprint density at radius 2 is 2.00 bits per heavy atom. The minimum absolute atomic E-state index is 0.824. The van der Waals surface area contributed by atoms with Crippen molar-refractivity contribution in [3.63, 3.8) is 0 Å². The second-order valence-electron chi connectivity index (χ2n) is 3.29. The predicted octanol–water partition coefficient (Wildman–Crippen LogP) is 2.64. The van der Waals surface area contributed by atoms with Gasteiger partial charge in [-0.15, -0.1) is 0 Å². The van der Waals surface area contributed by atoms with Crippen LogP contribution in [0.2, 0.25) is 0 Å². The maximum absolute atomic E-state index is 5.75. The van der Waals surface area contributed by atoms with Gasteiger partial charge in [-0.3, -0.25) is 4.98 Å². The van der Waals surface area contributed by atoms with E-state index in [1.54, 1.807) is 6.20 Å². The molecule has 0 fully saturated rings. The van der Waals surface area contributed by atoms with E-state index in [9.17, 15) is 0 Å². The number of nitrogens with two attached hydrogens (primary N) is 1. The fraction of sp³-hybridized carbons (Fsp3) is 0.0833. The van der Waals surface area contributed by atoms with E-state index in [1.165, 1.54) is 0 Å². The molecule has 14 heavy (non-hydrogen) atoms. The molecule has 0 saturated heterocycles. The normalized spacial score (nSPS) is 10.1. The number of nitrogen functional groups attached to an aromatic ring is 1. The van der Waals surface area contributed by atoms with Gasteiger partial charge < -0.3 is 5.73 Å². The van der Waals surface area contributed by atoms with Crippen LogP contribution < -0.4 is 5.73 Å². The number of pyridine rings is 1. The summed E-state index contributed by atoms with van der Waals surface area (Å²) in [4.78, 5) is 4.28. The molecular formula is C12H12N2. The third-order valence-electron chi connectivity index (χ3n) is 2.23. The highest BCUT2D eigenvalue weighted by Crippen LogP contribution is 2.20. The van der Waals surface area contributed by atoms with E-state index in [4.69, 9.17) is 5.73 Å². The SMILES string of the molecule is Cc1cc(-c2ccccn2)ccc1N. The number of hydrogen-bond donors (Lipinski definition) is 1. The van der Waals surface area contributed by atoms with Crippen LogP contribution in [0, 0.1) is 6.92 Å². The van der Waals surface area contributed by atoms with Crippen LogP contribution in [0.4, 0.5) is 5.69 Å². The van der Waals surface area contributed by atoms with Crippen molar-refractivity contribution in [3.05, 3.63) is 48.2 Å². The summed E-state index contributed by atoms with van der Waals surface area (Å²) < 4.78 is 0. The summed E-state index contributed by atoms with van der Waals surface area (Å²) >= 11 is 0. The summed E-state index contributed by atoms with van der Waals surface area (Å²) in [5, 5.41) is 0. The van der Waals surface area contributed by atoms with Crippen molar-refractivity contribution in [2.24, 2.45) is 0 Å². The first-order chi connectivity index (χ1) is 6.77. The number of aromatic nitrogens is 1. The molecule has 0 aliphatic rings. The maximum atomic E-state index is 5.75. The van der Waals surface area contributed by atoms with E-state index in [0.29, 0.717) is 0 Å². The van der Waals surface area contributed by atoms with Crippen molar-refractivity contribution in [1.29, 1.82) is 0 Å². The lowest BCUT2D eigenvalue weighted by Gasteiger charge is -2.03. The number of aryl methyl sites for hydroxylation is 1. The van der Waals surface area contributed by atoms with E-state index >= 15 is 0 Å². The Bertz CT molecular complexity index is 435. The number of nitrogens with zero attached hydrogens (tertiary/aromatic N) is 1. The molecule has 2 nitrogen and oxygen atoms in total. The Morgan fingerprint density at radius 3 is 2.64 bits per heavy atom. The molecule has 1 aromatic heterocycles. The molecule has 0 atom stereocenters. The van der Waals surface area contributed by atoms with Crippen molar-refractivity contribution in [2.75, 3.05) is 5.73 Å². The van der Waals surface area contributed by atoms with Crippen molar-refractivity contribution in [2.45, 2.75) is 6.92 Å². The van der Waals surface area contributed by atoms with Crippen molar-refractivity contribution < 1.29 is 0 Å². The Balaban J connectivity index is 2.48. The van der Waals surface area contributed by atoms with E-state index in [0.717, 1.165) is 22.5 Å². The average molecular weight is 184 g/mol. The van der Waals surface area contributed by atoms with Gasteiger partial charge in [0.2, 0.25) is 0 Å². The minimum atomic E-state index is 0.824. The minimum Gasteiger partial charge on any atom is -0.399 e. The Labute approximate surface area is 83.4 Å². The second-order valence-corrected chi connectivity index (χ2v) is 3.29. The number of rotatable bonds is 1. The third-order valence-corrected chi connectivity index (χ3v) is 2.23. The van der Waals surface area contributed by atoms with Crippen LogP contribution in [-0.4, -0.2) is 4.98 Å². The quantitative estimate of drug-likeness (QED) is 0.692. The molecule has 2 rings (SSSR count). The lowest BCUT2D eigenvalue weighted by Crippen LogP contribution is -1.90. The lowest BCUT2D eigenvalue weighted by molar-refractivity contribution is 1.32. The first-order valence-electron chi connectivity index (χ1n) is 4.55. The molecule has 0 amide bonds. The summed E-state index contributed by atoms with van der Waals surface area (Å²) in [6, 6.07) is 11.8. The molecule has 0 spiro atoms. The average Bonchev–Trinajstić information content (AvgIpc) is 2.23. The topological polar surface area (TPSA) is 38.9 Å². The van der Waals surface area contributed by atoms with E-state index in [2.05, 4.69) is 11.1 Å². The first kappa shape index (κ1) is 8.75. The summed E-state index contributed by atoms with van der Waals surface area (Å²) in [7, 11) is 0. The van der Waals surface area contributed by atoms with Gasteiger partial charge in [-0.05, 0) is 36.8 Å². The van der Waals surface area contributed by atoms with Crippen LogP contribution in [-0.2, 0) is 0 Å². The standard InChI is InChI=1S/C12H12N2/c1-9-8-10(5-6-11(9)13)12-4-2-3-7-14-12/h2-8H,13H2,1H3. The molecule has 0 bridgehead atoms. The predicted molar refractivity (Wildman–Crippen MR) is 58.8 cm³/mol. The van der Waals surface area contributed by atoms with E-state index < -0.39 is 0 Å². The molecule has 0 aliphatic carbocycles. The number of anilines is 1. The molecule has 0 saturated carbocycles. The van der Waals surface area contributed by atoms with Crippen molar-refractivity contribution >= 4 is 5.69 Å². The van der Waals surface area contributed by atoms with Crippen molar-refractivity contribution in [3.8, 4) is 11.3 Å². The number of benzene rings is 1. The van der Waals surface area contributed by atoms with Gasteiger partial charge in [-0.2, -0.15) is 0 Å². The van der Waals surface area contributed by atoms with Gasteiger partial charge >= 0.3 is 0 Å². The molecule has 0 aliphatic heterocycles. The zero-order valence-electron chi connectivity index (χ0n) is 8.07. The van der Waals surface area contributed by atoms with Gasteiger partial charge in [-0.1, -0.05) is 12.1 Å². The maximum Gasteiger partial charge on any atom is 0.0702 e. The van der Waals surface area contributed by atoms with Gasteiger partial charge in [0.05, 0.1) is 5.69 Å². The molecular weight excluding hydrogens is 172 g/mol. The summed E-state index contributed by atoms with van der Waals surface area (Å²) in [6.07, 6.45) is 1.79. The fourth-order valence-electron chi connectivity index (χ4n) is 1.37. The molecule has 2 heteroatoms.